The zero-order valence-corrected chi connectivity index (χ0v) is 29.8. The summed E-state index contributed by atoms with van der Waals surface area (Å²) in [5.41, 5.74) is 10.3. The summed E-state index contributed by atoms with van der Waals surface area (Å²) in [5, 5.41) is 8.04. The molecular weight excluding hydrogens is 703 g/mol. The number of hydrogen-bond acceptors (Lipinski definition) is 11. The van der Waals surface area contributed by atoms with Crippen molar-refractivity contribution in [2.45, 2.75) is 75.5 Å². The van der Waals surface area contributed by atoms with Crippen LogP contribution in [0, 0.1) is 17.6 Å². The second kappa shape index (κ2) is 14.4. The molecule has 2 fully saturated rings. The van der Waals surface area contributed by atoms with Crippen LogP contribution in [-0.4, -0.2) is 78.7 Å². The minimum atomic E-state index is -3.43. The van der Waals surface area contributed by atoms with E-state index in [1.807, 2.05) is 24.3 Å². The lowest BCUT2D eigenvalue weighted by Gasteiger charge is -2.34. The maximum Gasteiger partial charge on any atom is 0.209 e. The Hall–Kier alpha value is -5.13. The van der Waals surface area contributed by atoms with Crippen molar-refractivity contribution in [3.8, 4) is 22.8 Å². The molecule has 17 heteroatoms. The van der Waals surface area contributed by atoms with Crippen LogP contribution in [0.3, 0.4) is 0 Å². The Morgan fingerprint density at radius 3 is 2.11 bits per heavy atom. The van der Waals surface area contributed by atoms with Gasteiger partial charge in [0.2, 0.25) is 10.0 Å². The fraction of sp³-hybridized carbons (Fsp3) is 0.389. The number of hydrogen-bond donors (Lipinski definition) is 6. The third-order valence-electron chi connectivity index (χ3n) is 10.3. The summed E-state index contributed by atoms with van der Waals surface area (Å²) in [5.74, 6) is -0.0145. The van der Waals surface area contributed by atoms with Crippen LogP contribution in [-0.2, 0) is 16.4 Å². The molecule has 5 unspecified atom stereocenters. The SMILES string of the molecule is CS(=O)(=O)NC1CCCCC1Nc1nc(-c2c[nH]c3nc(CC4CCC(Nc5nc(-c6c[nH]c7ncccc67)ncc5F)C(N)C4)ccc23)ncc1F. The number of aromatic nitrogens is 8. The van der Waals surface area contributed by atoms with Gasteiger partial charge in [0.25, 0.3) is 0 Å². The Morgan fingerprint density at radius 2 is 1.43 bits per heavy atom. The summed E-state index contributed by atoms with van der Waals surface area (Å²) >= 11 is 0. The number of H-pyrrole nitrogens is 2. The van der Waals surface area contributed by atoms with E-state index in [0.29, 0.717) is 41.3 Å². The van der Waals surface area contributed by atoms with Gasteiger partial charge in [0.1, 0.15) is 11.3 Å². The number of fused-ring (bicyclic) bond motifs is 2. The van der Waals surface area contributed by atoms with Crippen molar-refractivity contribution in [1.82, 2.24) is 44.6 Å². The van der Waals surface area contributed by atoms with Crippen LogP contribution in [0.5, 0.6) is 0 Å². The fourth-order valence-electron chi connectivity index (χ4n) is 7.71. The van der Waals surface area contributed by atoms with E-state index in [4.69, 9.17) is 10.7 Å². The number of sulfonamides is 1. The highest BCUT2D eigenvalue weighted by Gasteiger charge is 2.31. The molecule has 53 heavy (non-hydrogen) atoms. The summed E-state index contributed by atoms with van der Waals surface area (Å²) in [4.78, 5) is 33.0. The second-order valence-electron chi connectivity index (χ2n) is 14.1. The first-order valence-electron chi connectivity index (χ1n) is 17.8. The van der Waals surface area contributed by atoms with Crippen LogP contribution in [0.15, 0.2) is 55.2 Å². The lowest BCUT2D eigenvalue weighted by Crippen LogP contribution is -2.48. The fourth-order valence-corrected chi connectivity index (χ4v) is 8.54. The van der Waals surface area contributed by atoms with Crippen LogP contribution >= 0.6 is 0 Å². The smallest absolute Gasteiger partial charge is 0.209 e. The Bertz CT molecular complexity index is 2390. The number of nitrogens with zero attached hydrogens (tertiary/aromatic N) is 6. The van der Waals surface area contributed by atoms with Gasteiger partial charge in [0.15, 0.2) is 34.9 Å². The molecule has 2 aliphatic carbocycles. The predicted octanol–water partition coefficient (Wildman–Crippen LogP) is 5.05. The van der Waals surface area contributed by atoms with Crippen LogP contribution in [0.1, 0.15) is 50.6 Å². The first-order chi connectivity index (χ1) is 25.6. The van der Waals surface area contributed by atoms with Gasteiger partial charge in [0, 0.05) is 70.4 Å². The van der Waals surface area contributed by atoms with E-state index in [9.17, 15) is 17.2 Å². The molecule has 0 aliphatic heterocycles. The van der Waals surface area contributed by atoms with E-state index < -0.39 is 21.7 Å². The van der Waals surface area contributed by atoms with E-state index in [-0.39, 0.29) is 41.7 Å². The minimum absolute atomic E-state index is 0.0253. The molecule has 0 aromatic carbocycles. The van der Waals surface area contributed by atoms with Gasteiger partial charge in [-0.1, -0.05) is 12.8 Å². The average molecular weight is 743 g/mol. The topological polar surface area (TPSA) is 205 Å². The molecule has 2 aliphatic rings. The maximum atomic E-state index is 14.9. The van der Waals surface area contributed by atoms with E-state index >= 15 is 0 Å². The van der Waals surface area contributed by atoms with Gasteiger partial charge in [-0.2, -0.15) is 0 Å². The summed E-state index contributed by atoms with van der Waals surface area (Å²) in [6.45, 7) is 0. The average Bonchev–Trinajstić information content (AvgIpc) is 3.76. The van der Waals surface area contributed by atoms with Crippen molar-refractivity contribution in [2.24, 2.45) is 11.7 Å². The van der Waals surface area contributed by atoms with E-state index in [0.717, 1.165) is 73.0 Å². The Balaban J connectivity index is 0.922. The lowest BCUT2D eigenvalue weighted by atomic mass is 9.80. The van der Waals surface area contributed by atoms with Crippen molar-refractivity contribution in [1.29, 1.82) is 0 Å². The van der Waals surface area contributed by atoms with Gasteiger partial charge in [-0.3, -0.25) is 0 Å². The third kappa shape index (κ3) is 7.54. The highest BCUT2D eigenvalue weighted by atomic mass is 32.2. The molecule has 14 nitrogen and oxygen atoms in total. The predicted molar refractivity (Wildman–Crippen MR) is 198 cm³/mol. The molecule has 5 atom stereocenters. The van der Waals surface area contributed by atoms with Crippen LogP contribution < -0.4 is 21.1 Å². The number of nitrogens with one attached hydrogen (secondary N) is 5. The highest BCUT2D eigenvalue weighted by molar-refractivity contribution is 7.88. The molecule has 7 N–H and O–H groups in total. The summed E-state index contributed by atoms with van der Waals surface area (Å²) in [7, 11) is -3.43. The monoisotopic (exact) mass is 742 g/mol. The Labute approximate surface area is 304 Å². The van der Waals surface area contributed by atoms with Gasteiger partial charge in [0.05, 0.1) is 18.6 Å². The van der Waals surface area contributed by atoms with E-state index in [1.165, 1.54) is 6.20 Å². The number of pyridine rings is 2. The standard InChI is InChI=1S/C36H40F2N12O2S/c1-53(51,52)50-30-7-3-2-6-29(30)47-36-26(38)18-44-34(49-36)24-16-42-32-22(24)10-9-20(45-32)13-19-8-11-28(27(39)14-19)46-35-25(37)17-43-33(48-35)23-15-41-31-21(23)5-4-12-40-31/h4-5,9-10,12,15-19,27-30,50H,2-3,6-8,11,13-14,39H2,1H3,(H,40,41)(H,42,45)(H,43,46,48)(H,44,47,49). The molecule has 276 valence electrons. The largest absolute Gasteiger partial charge is 0.363 e. The molecule has 0 radical (unpaired) electrons. The van der Waals surface area contributed by atoms with Crippen LogP contribution in [0.2, 0.25) is 0 Å². The van der Waals surface area contributed by atoms with Crippen molar-refractivity contribution < 1.29 is 17.2 Å². The Morgan fingerprint density at radius 1 is 0.792 bits per heavy atom. The molecule has 0 spiro atoms. The first-order valence-corrected chi connectivity index (χ1v) is 19.7. The lowest BCUT2D eigenvalue weighted by molar-refractivity contribution is 0.297. The van der Waals surface area contributed by atoms with Crippen molar-refractivity contribution in [3.63, 3.8) is 0 Å². The number of rotatable bonds is 10. The molecule has 6 aromatic heterocycles. The van der Waals surface area contributed by atoms with Crippen molar-refractivity contribution in [2.75, 3.05) is 16.9 Å². The molecular formula is C36H40F2N12O2S. The third-order valence-corrected chi connectivity index (χ3v) is 11.0. The second-order valence-corrected chi connectivity index (χ2v) is 15.9. The minimum Gasteiger partial charge on any atom is -0.363 e. The number of nitrogens with two attached hydrogens (primary N) is 1. The molecule has 6 aromatic rings. The molecule has 0 amide bonds. The van der Waals surface area contributed by atoms with E-state index in [1.54, 1.807) is 18.6 Å². The van der Waals surface area contributed by atoms with Crippen molar-refractivity contribution >= 4 is 43.7 Å². The zero-order valence-electron chi connectivity index (χ0n) is 29.0. The summed E-state index contributed by atoms with van der Waals surface area (Å²) in [6.07, 6.45) is 14.8. The van der Waals surface area contributed by atoms with Gasteiger partial charge < -0.3 is 26.3 Å². The van der Waals surface area contributed by atoms with Gasteiger partial charge in [-0.15, -0.1) is 0 Å². The molecule has 8 rings (SSSR count). The highest BCUT2D eigenvalue weighted by Crippen LogP contribution is 2.32. The van der Waals surface area contributed by atoms with Crippen molar-refractivity contribution in [3.05, 3.63) is 72.6 Å². The number of anilines is 2. The van der Waals surface area contributed by atoms with Gasteiger partial charge in [-0.05, 0) is 68.7 Å². The molecule has 6 heterocycles. The summed E-state index contributed by atoms with van der Waals surface area (Å²) < 4.78 is 56.4. The van der Waals surface area contributed by atoms with Crippen LogP contribution in [0.25, 0.3) is 44.8 Å². The molecule has 0 bridgehead atoms. The summed E-state index contributed by atoms with van der Waals surface area (Å²) in [6, 6.07) is 6.62. The normalized spacial score (nSPS) is 22.3. The molecule has 0 saturated heterocycles. The van der Waals surface area contributed by atoms with E-state index in [2.05, 4.69) is 50.2 Å². The van der Waals surface area contributed by atoms with Gasteiger partial charge in [-0.25, -0.2) is 51.8 Å². The number of halogens is 2. The first kappa shape index (κ1) is 34.9. The van der Waals surface area contributed by atoms with Crippen LogP contribution in [0.4, 0.5) is 20.4 Å². The zero-order chi connectivity index (χ0) is 36.7. The Kier molecular flexibility index (Phi) is 9.46. The van der Waals surface area contributed by atoms with Gasteiger partial charge >= 0.3 is 0 Å². The maximum absolute atomic E-state index is 14.9. The quantitative estimate of drug-likeness (QED) is 0.110. The number of aromatic amines is 2. The molecule has 2 saturated carbocycles.